The molecule has 0 unspecified atom stereocenters. The van der Waals surface area contributed by atoms with E-state index in [1.807, 2.05) is 0 Å². The Balaban J connectivity index is 1.86. The molecule has 7 nitrogen and oxygen atoms in total. The van der Waals surface area contributed by atoms with Crippen molar-refractivity contribution < 1.29 is 28.3 Å². The Kier molecular flexibility index (Phi) is 4.04. The van der Waals surface area contributed by atoms with Crippen LogP contribution in [0.4, 0.5) is 10.1 Å². The predicted octanol–water partition coefficient (Wildman–Crippen LogP) is 2.03. The van der Waals surface area contributed by atoms with Crippen molar-refractivity contribution in [1.82, 2.24) is 5.48 Å². The summed E-state index contributed by atoms with van der Waals surface area (Å²) in [5.74, 6) is -1.15. The minimum absolute atomic E-state index is 0.0924. The van der Waals surface area contributed by atoms with Crippen LogP contribution in [-0.2, 0) is 14.4 Å². The van der Waals surface area contributed by atoms with Crippen LogP contribution in [0.15, 0.2) is 48.0 Å². The maximum Gasteiger partial charge on any atom is 0.270 e. The number of methoxy groups -OCH3 is 2. The van der Waals surface area contributed by atoms with Gasteiger partial charge in [-0.25, -0.2) is 9.29 Å². The van der Waals surface area contributed by atoms with Gasteiger partial charge in [-0.15, -0.1) is 0 Å². The average Bonchev–Trinajstić information content (AvgIpc) is 3.22. The second-order valence-corrected chi connectivity index (χ2v) is 5.86. The number of carbonyl (C=O) groups is 2. The molecule has 2 amide bonds. The maximum absolute atomic E-state index is 14.1. The summed E-state index contributed by atoms with van der Waals surface area (Å²) in [6, 6.07) is 10.7. The van der Waals surface area contributed by atoms with E-state index < -0.39 is 23.7 Å². The number of rotatable bonds is 4. The molecule has 27 heavy (non-hydrogen) atoms. The first-order valence-corrected chi connectivity index (χ1v) is 8.08. The molecule has 1 saturated heterocycles. The number of ether oxygens (including phenoxy) is 2. The number of para-hydroxylation sites is 2. The summed E-state index contributed by atoms with van der Waals surface area (Å²) in [6.07, 6.45) is -1.16. The van der Waals surface area contributed by atoms with Gasteiger partial charge in [0.05, 0.1) is 31.2 Å². The molecule has 138 valence electrons. The van der Waals surface area contributed by atoms with E-state index in [2.05, 4.69) is 5.48 Å². The predicted molar refractivity (Wildman–Crippen MR) is 93.4 cm³/mol. The van der Waals surface area contributed by atoms with E-state index >= 15 is 0 Å². The van der Waals surface area contributed by atoms with Crippen molar-refractivity contribution in [1.29, 1.82) is 0 Å². The van der Waals surface area contributed by atoms with Gasteiger partial charge in [-0.05, 0) is 24.3 Å². The summed E-state index contributed by atoms with van der Waals surface area (Å²) in [5, 5.41) is 0. The molecule has 0 aromatic heterocycles. The third-order valence-electron chi connectivity index (χ3n) is 4.45. The number of anilines is 1. The monoisotopic (exact) mass is 370 g/mol. The Bertz CT molecular complexity index is 988. The number of carbonyl (C=O) groups excluding carboxylic acids is 2. The molecule has 8 heteroatoms. The normalized spacial score (nSPS) is 18.6. The van der Waals surface area contributed by atoms with Crippen molar-refractivity contribution in [2.75, 3.05) is 19.1 Å². The van der Waals surface area contributed by atoms with Crippen molar-refractivity contribution in [2.45, 2.75) is 6.10 Å². The van der Waals surface area contributed by atoms with Crippen LogP contribution >= 0.6 is 0 Å². The van der Waals surface area contributed by atoms with Gasteiger partial charge in [0.25, 0.3) is 11.8 Å². The smallest absolute Gasteiger partial charge is 0.270 e. The van der Waals surface area contributed by atoms with Crippen LogP contribution in [0.1, 0.15) is 5.56 Å². The molecule has 4 rings (SSSR count). The molecule has 1 atom stereocenters. The number of benzene rings is 2. The number of fused-ring (bicyclic) bond motifs is 1. The number of halogens is 1. The molecule has 2 aromatic rings. The van der Waals surface area contributed by atoms with E-state index in [9.17, 15) is 14.0 Å². The van der Waals surface area contributed by atoms with Crippen LogP contribution in [0, 0.1) is 5.82 Å². The minimum atomic E-state index is -1.16. The lowest BCUT2D eigenvalue weighted by Crippen LogP contribution is -2.35. The lowest BCUT2D eigenvalue weighted by molar-refractivity contribution is -0.127. The molecule has 1 fully saturated rings. The van der Waals surface area contributed by atoms with Crippen LogP contribution in [-0.4, -0.2) is 32.1 Å². The highest BCUT2D eigenvalue weighted by Gasteiger charge is 2.51. The van der Waals surface area contributed by atoms with Gasteiger partial charge in [0.1, 0.15) is 5.82 Å². The van der Waals surface area contributed by atoms with Crippen molar-refractivity contribution in [2.24, 2.45) is 0 Å². The van der Waals surface area contributed by atoms with Crippen LogP contribution < -0.4 is 19.9 Å². The van der Waals surface area contributed by atoms with E-state index in [1.54, 1.807) is 24.3 Å². The zero-order valence-electron chi connectivity index (χ0n) is 14.5. The molecule has 0 radical (unpaired) electrons. The SMILES string of the molecule is COc1cccc(C2=C3C(=O)N(c4ccccc4F)C(=O)[C@H]3ON2)c1OC. The van der Waals surface area contributed by atoms with Crippen LogP contribution in [0.5, 0.6) is 11.5 Å². The molecular weight excluding hydrogens is 355 g/mol. The summed E-state index contributed by atoms with van der Waals surface area (Å²) in [6.45, 7) is 0. The first-order valence-electron chi connectivity index (χ1n) is 8.08. The summed E-state index contributed by atoms with van der Waals surface area (Å²) in [4.78, 5) is 31.8. The molecule has 0 spiro atoms. The van der Waals surface area contributed by atoms with Crippen LogP contribution in [0.3, 0.4) is 0 Å². The van der Waals surface area contributed by atoms with E-state index in [0.29, 0.717) is 17.1 Å². The average molecular weight is 370 g/mol. The molecule has 0 saturated carbocycles. The Morgan fingerprint density at radius 2 is 1.85 bits per heavy atom. The van der Waals surface area contributed by atoms with E-state index in [4.69, 9.17) is 14.3 Å². The first kappa shape index (κ1) is 17.0. The van der Waals surface area contributed by atoms with Crippen molar-refractivity contribution in [3.63, 3.8) is 0 Å². The summed E-state index contributed by atoms with van der Waals surface area (Å²) in [7, 11) is 2.96. The van der Waals surface area contributed by atoms with Crippen molar-refractivity contribution >= 4 is 23.2 Å². The van der Waals surface area contributed by atoms with Crippen LogP contribution in [0.2, 0.25) is 0 Å². The summed E-state index contributed by atoms with van der Waals surface area (Å²) < 4.78 is 24.8. The second kappa shape index (κ2) is 6.40. The lowest BCUT2D eigenvalue weighted by Gasteiger charge is -2.17. The third-order valence-corrected chi connectivity index (χ3v) is 4.45. The number of hydrogen-bond donors (Lipinski definition) is 1. The van der Waals surface area contributed by atoms with E-state index in [0.717, 1.165) is 4.90 Å². The number of nitrogens with zero attached hydrogens (tertiary/aromatic N) is 1. The second-order valence-electron chi connectivity index (χ2n) is 5.86. The largest absolute Gasteiger partial charge is 0.493 e. The molecule has 2 heterocycles. The molecule has 0 bridgehead atoms. The summed E-state index contributed by atoms with van der Waals surface area (Å²) in [5.41, 5.74) is 3.38. The molecule has 2 aliphatic rings. The third kappa shape index (κ3) is 2.45. The molecule has 2 aliphatic heterocycles. The Hall–Kier alpha value is -3.39. The zero-order chi connectivity index (χ0) is 19.1. The van der Waals surface area contributed by atoms with Gasteiger partial charge in [0.2, 0.25) is 0 Å². The van der Waals surface area contributed by atoms with Gasteiger partial charge in [-0.1, -0.05) is 18.2 Å². The number of hydrogen-bond acceptors (Lipinski definition) is 6. The Morgan fingerprint density at radius 1 is 1.07 bits per heavy atom. The van der Waals surface area contributed by atoms with E-state index in [1.165, 1.54) is 32.4 Å². The zero-order valence-corrected chi connectivity index (χ0v) is 14.5. The first-order chi connectivity index (χ1) is 13.1. The highest BCUT2D eigenvalue weighted by Crippen LogP contribution is 2.41. The molecule has 0 aliphatic carbocycles. The van der Waals surface area contributed by atoms with Gasteiger partial charge in [-0.3, -0.25) is 19.9 Å². The molecular formula is C19H15FN2O5. The molecule has 2 aromatic carbocycles. The van der Waals surface area contributed by atoms with Gasteiger partial charge < -0.3 is 9.47 Å². The summed E-state index contributed by atoms with van der Waals surface area (Å²) >= 11 is 0. The maximum atomic E-state index is 14.1. The Labute approximate surface area is 153 Å². The number of amides is 2. The fourth-order valence-corrected chi connectivity index (χ4v) is 3.24. The molecule has 1 N–H and O–H groups in total. The van der Waals surface area contributed by atoms with Crippen molar-refractivity contribution in [3.05, 3.63) is 59.4 Å². The van der Waals surface area contributed by atoms with Gasteiger partial charge in [-0.2, -0.15) is 0 Å². The quantitative estimate of drug-likeness (QED) is 0.830. The topological polar surface area (TPSA) is 77.1 Å². The van der Waals surface area contributed by atoms with Gasteiger partial charge in [0, 0.05) is 5.56 Å². The van der Waals surface area contributed by atoms with Gasteiger partial charge in [0.15, 0.2) is 17.6 Å². The standard InChI is InChI=1S/C19H15FN2O5/c1-25-13-9-5-6-10(16(13)26-2)15-14-17(27-21-15)19(24)22(18(14)23)12-8-4-3-7-11(12)20/h3-9,17,21H,1-2H3/t17-/m0/s1. The Morgan fingerprint density at radius 3 is 2.56 bits per heavy atom. The van der Waals surface area contributed by atoms with E-state index in [-0.39, 0.29) is 17.0 Å². The lowest BCUT2D eigenvalue weighted by atomic mass is 10.0. The minimum Gasteiger partial charge on any atom is -0.493 e. The van der Waals surface area contributed by atoms with Crippen LogP contribution in [0.25, 0.3) is 5.70 Å². The number of hydroxylamine groups is 1. The highest BCUT2D eigenvalue weighted by atomic mass is 19.1. The fourth-order valence-electron chi connectivity index (χ4n) is 3.24. The van der Waals surface area contributed by atoms with Gasteiger partial charge >= 0.3 is 0 Å². The number of imide groups is 1. The fraction of sp³-hybridized carbons (Fsp3) is 0.158. The highest BCUT2D eigenvalue weighted by molar-refractivity contribution is 6.33. The number of nitrogens with one attached hydrogen (secondary N) is 1. The van der Waals surface area contributed by atoms with Crippen molar-refractivity contribution in [3.8, 4) is 11.5 Å².